The van der Waals surface area contributed by atoms with Crippen molar-refractivity contribution in [3.05, 3.63) is 131 Å². The van der Waals surface area contributed by atoms with Crippen LogP contribution in [0.1, 0.15) is 111 Å². The third-order valence-electron chi connectivity index (χ3n) is 12.4. The van der Waals surface area contributed by atoms with Gasteiger partial charge in [-0.3, -0.25) is 19.5 Å². The van der Waals surface area contributed by atoms with E-state index in [-0.39, 0.29) is 5.78 Å². The number of carbonyl (C=O) groups excluding carboxylic acids is 1. The fourth-order valence-electron chi connectivity index (χ4n) is 8.75. The fourth-order valence-corrected chi connectivity index (χ4v) is 8.75. The highest BCUT2D eigenvalue weighted by molar-refractivity contribution is 5.94. The number of nitrogens with one attached hydrogen (secondary N) is 1. The summed E-state index contributed by atoms with van der Waals surface area (Å²) in [5.74, 6) is 1.79. The Bertz CT molecular complexity index is 1660. The molecular formula is C50H68N4O3. The lowest BCUT2D eigenvalue weighted by Crippen LogP contribution is -2.51. The van der Waals surface area contributed by atoms with E-state index in [9.17, 15) is 4.79 Å². The first-order chi connectivity index (χ1) is 28.0. The van der Waals surface area contributed by atoms with Crippen LogP contribution in [-0.4, -0.2) is 84.9 Å². The summed E-state index contributed by atoms with van der Waals surface area (Å²) in [5, 5.41) is 3.41. The lowest BCUT2D eigenvalue weighted by atomic mass is 9.93. The molecule has 306 valence electrons. The van der Waals surface area contributed by atoms with Gasteiger partial charge in [0.05, 0.1) is 0 Å². The van der Waals surface area contributed by atoms with E-state index in [1.165, 1.54) is 128 Å². The molecule has 0 amide bonds. The third kappa shape index (κ3) is 14.1. The van der Waals surface area contributed by atoms with Crippen molar-refractivity contribution in [3.63, 3.8) is 0 Å². The van der Waals surface area contributed by atoms with Crippen LogP contribution in [0.15, 0.2) is 109 Å². The molecule has 1 N–H and O–H groups in total. The van der Waals surface area contributed by atoms with Crippen molar-refractivity contribution in [2.45, 2.75) is 109 Å². The zero-order valence-corrected chi connectivity index (χ0v) is 34.8. The molecule has 0 spiro atoms. The summed E-state index contributed by atoms with van der Waals surface area (Å²) < 4.78 is 11.5. The Kier molecular flexibility index (Phi) is 17.5. The maximum absolute atomic E-state index is 11.1. The van der Waals surface area contributed by atoms with E-state index >= 15 is 0 Å². The summed E-state index contributed by atoms with van der Waals surface area (Å²) in [6, 6.07) is 38.5. The molecule has 4 aliphatic rings. The molecule has 4 aromatic carbocycles. The zero-order chi connectivity index (χ0) is 39.5. The Morgan fingerprint density at radius 1 is 0.579 bits per heavy atom. The van der Waals surface area contributed by atoms with Crippen LogP contribution < -0.4 is 14.8 Å². The van der Waals surface area contributed by atoms with Crippen molar-refractivity contribution in [1.29, 1.82) is 0 Å². The van der Waals surface area contributed by atoms with Crippen molar-refractivity contribution in [2.24, 2.45) is 0 Å². The fraction of sp³-hybridized carbons (Fsp3) is 0.500. The van der Waals surface area contributed by atoms with Crippen LogP contribution in [0.4, 0.5) is 0 Å². The highest BCUT2D eigenvalue weighted by atomic mass is 16.5. The number of benzene rings is 4. The maximum Gasteiger partial charge on any atom is 0.159 e. The molecule has 0 bridgehead atoms. The van der Waals surface area contributed by atoms with E-state index in [2.05, 4.69) is 75.5 Å². The van der Waals surface area contributed by atoms with Gasteiger partial charge in [0, 0.05) is 76.0 Å². The van der Waals surface area contributed by atoms with Gasteiger partial charge in [0.25, 0.3) is 0 Å². The molecule has 7 nitrogen and oxygen atoms in total. The minimum atomic E-state index is 0.0691. The minimum absolute atomic E-state index is 0.0691. The van der Waals surface area contributed by atoms with Crippen molar-refractivity contribution in [2.75, 3.05) is 52.4 Å². The lowest BCUT2D eigenvalue weighted by Gasteiger charge is -2.42. The van der Waals surface area contributed by atoms with Gasteiger partial charge in [0.1, 0.15) is 24.7 Å². The van der Waals surface area contributed by atoms with Crippen LogP contribution in [0.2, 0.25) is 0 Å². The summed E-state index contributed by atoms with van der Waals surface area (Å²) >= 11 is 0. The first-order valence-corrected chi connectivity index (χ1v) is 22.0. The molecule has 2 saturated carbocycles. The number of ketones is 1. The standard InChI is InChI=1S/C25H34N2O.C15H14O2.C10H20N2/c1-21(26-16-18-27(19-17-26)24-10-6-3-7-11-24)23-12-14-25(15-13-23)28-20-22-8-4-2-5-9-22;1-12(16)14-7-9-15(10-8-14)17-11-13-5-3-2-4-6-13;1-2-4-10(5-3-1)12-8-6-11-7-9-12/h2,4-5,8-9,12-15,21,24H,3,6-7,10-11,16-20H2,1H3;2-10H,11H2,1H3;10-11H,1-9H2. The summed E-state index contributed by atoms with van der Waals surface area (Å²) in [6.07, 6.45) is 14.5. The molecule has 2 heterocycles. The van der Waals surface area contributed by atoms with E-state index in [0.29, 0.717) is 24.8 Å². The Morgan fingerprint density at radius 2 is 1.02 bits per heavy atom. The SMILES string of the molecule is C1CCC(N2CCNCC2)CC1.CC(=O)c1ccc(OCc2ccccc2)cc1.CC(c1ccc(OCc2ccccc2)cc1)N1CCN(C2CCCCC2)CC1. The normalized spacial score (nSPS) is 19.3. The van der Waals surface area contributed by atoms with Gasteiger partial charge in [0.15, 0.2) is 5.78 Å². The van der Waals surface area contributed by atoms with Gasteiger partial charge in [-0.25, -0.2) is 0 Å². The third-order valence-corrected chi connectivity index (χ3v) is 12.4. The number of hydrogen-bond donors (Lipinski definition) is 1. The van der Waals surface area contributed by atoms with Crippen LogP contribution in [0, 0.1) is 0 Å². The van der Waals surface area contributed by atoms with Gasteiger partial charge in [-0.05, 0) is 92.6 Å². The van der Waals surface area contributed by atoms with Crippen LogP contribution in [-0.2, 0) is 13.2 Å². The van der Waals surface area contributed by atoms with Crippen LogP contribution >= 0.6 is 0 Å². The predicted octanol–water partition coefficient (Wildman–Crippen LogP) is 9.97. The van der Waals surface area contributed by atoms with Gasteiger partial charge in [-0.15, -0.1) is 0 Å². The topological polar surface area (TPSA) is 57.3 Å². The molecule has 4 aromatic rings. The number of hydrogen-bond acceptors (Lipinski definition) is 7. The molecular weight excluding hydrogens is 705 g/mol. The molecule has 7 heteroatoms. The van der Waals surface area contributed by atoms with E-state index < -0.39 is 0 Å². The summed E-state index contributed by atoms with van der Waals surface area (Å²) in [5.41, 5.74) is 4.43. The van der Waals surface area contributed by atoms with E-state index in [0.717, 1.165) is 29.1 Å². The molecule has 4 fully saturated rings. The average molecular weight is 773 g/mol. The quantitative estimate of drug-likeness (QED) is 0.152. The largest absolute Gasteiger partial charge is 0.489 e. The van der Waals surface area contributed by atoms with Crippen molar-refractivity contribution < 1.29 is 14.3 Å². The molecule has 0 radical (unpaired) electrons. The van der Waals surface area contributed by atoms with Gasteiger partial charge in [0.2, 0.25) is 0 Å². The average Bonchev–Trinajstić information content (AvgIpc) is 3.30. The lowest BCUT2D eigenvalue weighted by molar-refractivity contribution is 0.0602. The van der Waals surface area contributed by atoms with Gasteiger partial charge in [-0.2, -0.15) is 0 Å². The highest BCUT2D eigenvalue weighted by Crippen LogP contribution is 2.28. The maximum atomic E-state index is 11.1. The van der Waals surface area contributed by atoms with Gasteiger partial charge < -0.3 is 14.8 Å². The number of piperazine rings is 2. The Morgan fingerprint density at radius 3 is 1.47 bits per heavy atom. The van der Waals surface area contributed by atoms with Gasteiger partial charge >= 0.3 is 0 Å². The first kappa shape index (κ1) is 42.6. The number of Topliss-reactive ketones (excluding diaryl/α,β-unsaturated/α-hetero) is 1. The minimum Gasteiger partial charge on any atom is -0.489 e. The second-order valence-corrected chi connectivity index (χ2v) is 16.3. The Hall–Kier alpha value is -4.01. The second kappa shape index (κ2) is 23.4. The van der Waals surface area contributed by atoms with E-state index in [1.54, 1.807) is 19.1 Å². The van der Waals surface area contributed by atoms with Crippen molar-refractivity contribution in [3.8, 4) is 11.5 Å². The Labute approximate surface area is 343 Å². The van der Waals surface area contributed by atoms with Gasteiger partial charge in [-0.1, -0.05) is 111 Å². The van der Waals surface area contributed by atoms with Crippen LogP contribution in [0.5, 0.6) is 11.5 Å². The van der Waals surface area contributed by atoms with E-state index in [1.807, 2.05) is 48.5 Å². The molecule has 57 heavy (non-hydrogen) atoms. The van der Waals surface area contributed by atoms with Crippen LogP contribution in [0.3, 0.4) is 0 Å². The molecule has 0 aromatic heterocycles. The molecule has 8 rings (SSSR count). The molecule has 2 aliphatic carbocycles. The summed E-state index contributed by atoms with van der Waals surface area (Å²) in [4.78, 5) is 19.2. The second-order valence-electron chi connectivity index (χ2n) is 16.3. The molecule has 1 atom stereocenters. The first-order valence-electron chi connectivity index (χ1n) is 22.0. The highest BCUT2D eigenvalue weighted by Gasteiger charge is 2.27. The monoisotopic (exact) mass is 773 g/mol. The van der Waals surface area contributed by atoms with Crippen molar-refractivity contribution >= 4 is 5.78 Å². The van der Waals surface area contributed by atoms with E-state index in [4.69, 9.17) is 9.47 Å². The summed E-state index contributed by atoms with van der Waals surface area (Å²) in [6.45, 7) is 14.9. The summed E-state index contributed by atoms with van der Waals surface area (Å²) in [7, 11) is 0. The number of rotatable bonds is 11. The number of nitrogens with zero attached hydrogens (tertiary/aromatic N) is 3. The zero-order valence-electron chi connectivity index (χ0n) is 34.8. The number of carbonyl (C=O) groups is 1. The molecule has 1 unspecified atom stereocenters. The Balaban J connectivity index is 0.000000160. The van der Waals surface area contributed by atoms with Crippen molar-refractivity contribution in [1.82, 2.24) is 20.0 Å². The molecule has 2 saturated heterocycles. The smallest absolute Gasteiger partial charge is 0.159 e. The molecule has 2 aliphatic heterocycles. The van der Waals surface area contributed by atoms with Crippen LogP contribution in [0.25, 0.3) is 0 Å². The number of ether oxygens (including phenoxy) is 2. The predicted molar refractivity (Wildman–Crippen MR) is 234 cm³/mol.